The Kier molecular flexibility index (Phi) is 8.26. The average Bonchev–Trinajstić information content (AvgIpc) is 2.79. The lowest BCUT2D eigenvalue weighted by molar-refractivity contribution is 0.0945. The van der Waals surface area contributed by atoms with Crippen LogP contribution in [0.5, 0.6) is 5.75 Å². The number of rotatable bonds is 7. The molecule has 32 heavy (non-hydrogen) atoms. The van der Waals surface area contributed by atoms with Crippen LogP contribution in [0, 0.1) is 0 Å². The molecule has 0 bridgehead atoms. The number of benzene rings is 3. The first kappa shape index (κ1) is 24.2. The van der Waals surface area contributed by atoms with Gasteiger partial charge in [-0.25, -0.2) is 0 Å². The highest BCUT2D eigenvalue weighted by Gasteiger charge is 2.20. The van der Waals surface area contributed by atoms with Crippen LogP contribution in [0.1, 0.15) is 31.8 Å². The van der Waals surface area contributed by atoms with Gasteiger partial charge in [-0.15, -0.1) is 0 Å². The maximum Gasteiger partial charge on any atom is 0.255 e. The van der Waals surface area contributed by atoms with Gasteiger partial charge in [0.15, 0.2) is 0 Å². The molecule has 3 aromatic rings. The van der Waals surface area contributed by atoms with Crippen LogP contribution in [0.25, 0.3) is 0 Å². The van der Waals surface area contributed by atoms with Gasteiger partial charge in [0.25, 0.3) is 11.8 Å². The number of halogens is 4. The Hall–Kier alpha value is -2.44. The minimum Gasteiger partial charge on any atom is -0.495 e. The lowest BCUT2D eigenvalue weighted by Crippen LogP contribution is -2.26. The van der Waals surface area contributed by atoms with E-state index < -0.39 is 11.8 Å². The number of hydrogen-bond donors (Lipinski definition) is 2. The fourth-order valence-electron chi connectivity index (χ4n) is 2.97. The lowest BCUT2D eigenvalue weighted by Gasteiger charge is -2.14. The Morgan fingerprint density at radius 3 is 1.53 bits per heavy atom. The highest BCUT2D eigenvalue weighted by atomic mass is 35.5. The summed E-state index contributed by atoms with van der Waals surface area (Å²) in [7, 11) is 1.40. The van der Waals surface area contributed by atoms with Gasteiger partial charge in [-0.3, -0.25) is 9.59 Å². The van der Waals surface area contributed by atoms with E-state index in [1.54, 1.807) is 54.6 Å². The van der Waals surface area contributed by atoms with E-state index in [0.29, 0.717) is 20.1 Å². The van der Waals surface area contributed by atoms with E-state index in [9.17, 15) is 9.59 Å². The van der Waals surface area contributed by atoms with Gasteiger partial charge in [-0.05, 0) is 47.5 Å². The minimum atomic E-state index is -0.396. The maximum absolute atomic E-state index is 12.8. The van der Waals surface area contributed by atoms with Crippen molar-refractivity contribution in [2.75, 3.05) is 7.11 Å². The highest BCUT2D eigenvalue weighted by Crippen LogP contribution is 2.26. The summed E-state index contributed by atoms with van der Waals surface area (Å²) in [5, 5.41) is 7.25. The zero-order chi connectivity index (χ0) is 23.3. The van der Waals surface area contributed by atoms with E-state index >= 15 is 0 Å². The van der Waals surface area contributed by atoms with Gasteiger partial charge >= 0.3 is 0 Å². The van der Waals surface area contributed by atoms with E-state index in [0.717, 1.165) is 11.1 Å². The number of nitrogens with one attached hydrogen (secondary N) is 2. The molecule has 0 spiro atoms. The molecule has 0 aliphatic heterocycles. The molecule has 0 atom stereocenters. The molecule has 3 rings (SSSR count). The van der Waals surface area contributed by atoms with Crippen molar-refractivity contribution in [1.29, 1.82) is 0 Å². The quantitative estimate of drug-likeness (QED) is 0.398. The Morgan fingerprint density at radius 2 is 1.16 bits per heavy atom. The van der Waals surface area contributed by atoms with E-state index in [1.165, 1.54) is 7.11 Å². The summed E-state index contributed by atoms with van der Waals surface area (Å²) in [5.41, 5.74) is 2.02. The molecule has 0 fully saturated rings. The SMILES string of the molecule is COc1c(C(=O)NCc2ccc(Cl)c(Cl)c2)cccc1C(=O)NCc1ccc(Cl)c(Cl)c1. The summed E-state index contributed by atoms with van der Waals surface area (Å²) in [6.45, 7) is 0.458. The largest absolute Gasteiger partial charge is 0.495 e. The number of ether oxygens (including phenoxy) is 1. The van der Waals surface area contributed by atoms with Crippen molar-refractivity contribution in [3.63, 3.8) is 0 Å². The van der Waals surface area contributed by atoms with Gasteiger partial charge in [-0.1, -0.05) is 64.6 Å². The molecule has 166 valence electrons. The van der Waals surface area contributed by atoms with E-state index in [-0.39, 0.29) is 30.0 Å². The number of methoxy groups -OCH3 is 1. The van der Waals surface area contributed by atoms with Gasteiger partial charge in [0.05, 0.1) is 38.3 Å². The fourth-order valence-corrected chi connectivity index (χ4v) is 3.61. The predicted molar refractivity (Wildman–Crippen MR) is 128 cm³/mol. The third-order valence-electron chi connectivity index (χ3n) is 4.58. The molecule has 0 radical (unpaired) electrons. The van der Waals surface area contributed by atoms with Crippen molar-refractivity contribution in [1.82, 2.24) is 10.6 Å². The third-order valence-corrected chi connectivity index (χ3v) is 6.06. The Balaban J connectivity index is 1.72. The van der Waals surface area contributed by atoms with Crippen molar-refractivity contribution in [3.05, 3.63) is 96.9 Å². The molecule has 0 unspecified atom stereocenters. The Morgan fingerprint density at radius 1 is 0.719 bits per heavy atom. The topological polar surface area (TPSA) is 67.4 Å². The Bertz CT molecular complexity index is 1080. The first-order valence-electron chi connectivity index (χ1n) is 9.41. The number of amides is 2. The summed E-state index contributed by atoms with van der Waals surface area (Å²) in [4.78, 5) is 25.5. The van der Waals surface area contributed by atoms with Gasteiger partial charge in [-0.2, -0.15) is 0 Å². The van der Waals surface area contributed by atoms with Crippen molar-refractivity contribution in [2.24, 2.45) is 0 Å². The zero-order valence-corrected chi connectivity index (χ0v) is 19.9. The van der Waals surface area contributed by atoms with Crippen LogP contribution < -0.4 is 15.4 Å². The van der Waals surface area contributed by atoms with Gasteiger partial charge in [0, 0.05) is 13.1 Å². The number of carbonyl (C=O) groups excluding carboxylic acids is 2. The first-order chi connectivity index (χ1) is 15.3. The highest BCUT2D eigenvalue weighted by molar-refractivity contribution is 6.42. The first-order valence-corrected chi connectivity index (χ1v) is 10.9. The second kappa shape index (κ2) is 10.9. The predicted octanol–water partition coefficient (Wildman–Crippen LogP) is 6.17. The summed E-state index contributed by atoms with van der Waals surface area (Å²) in [6.07, 6.45) is 0. The van der Waals surface area contributed by atoms with E-state index in [2.05, 4.69) is 10.6 Å². The molecule has 0 aliphatic carbocycles. The molecule has 0 saturated heterocycles. The number of carbonyl (C=O) groups is 2. The third kappa shape index (κ3) is 5.87. The summed E-state index contributed by atoms with van der Waals surface area (Å²) >= 11 is 23.9. The van der Waals surface area contributed by atoms with Crippen LogP contribution in [-0.4, -0.2) is 18.9 Å². The molecule has 5 nitrogen and oxygen atoms in total. The average molecular weight is 512 g/mol. The molecule has 2 amide bonds. The zero-order valence-electron chi connectivity index (χ0n) is 16.8. The van der Waals surface area contributed by atoms with Gasteiger partial charge < -0.3 is 15.4 Å². The molecular formula is C23H18Cl4N2O3. The lowest BCUT2D eigenvalue weighted by atomic mass is 10.1. The fraction of sp³-hybridized carbons (Fsp3) is 0.130. The van der Waals surface area contributed by atoms with Crippen molar-refractivity contribution >= 4 is 58.2 Å². The van der Waals surface area contributed by atoms with Crippen LogP contribution in [0.15, 0.2) is 54.6 Å². The molecule has 0 aromatic heterocycles. The smallest absolute Gasteiger partial charge is 0.255 e. The van der Waals surface area contributed by atoms with Crippen LogP contribution in [0.4, 0.5) is 0 Å². The van der Waals surface area contributed by atoms with Crippen LogP contribution in [-0.2, 0) is 13.1 Å². The number of hydrogen-bond acceptors (Lipinski definition) is 3. The molecular weight excluding hydrogens is 494 g/mol. The molecule has 9 heteroatoms. The Labute approximate surface area is 205 Å². The van der Waals surface area contributed by atoms with Crippen LogP contribution >= 0.6 is 46.4 Å². The van der Waals surface area contributed by atoms with Gasteiger partial charge in [0.2, 0.25) is 0 Å². The van der Waals surface area contributed by atoms with E-state index in [4.69, 9.17) is 51.1 Å². The second-order valence-corrected chi connectivity index (χ2v) is 8.38. The molecule has 3 aromatic carbocycles. The van der Waals surface area contributed by atoms with E-state index in [1.807, 2.05) is 0 Å². The summed E-state index contributed by atoms with van der Waals surface area (Å²) in [5.74, 6) is -0.620. The van der Waals surface area contributed by atoms with Gasteiger partial charge in [0.1, 0.15) is 5.75 Å². The summed E-state index contributed by atoms with van der Waals surface area (Å²) in [6, 6.07) is 15.0. The van der Waals surface area contributed by atoms with Crippen molar-refractivity contribution in [3.8, 4) is 5.75 Å². The number of para-hydroxylation sites is 1. The molecule has 0 heterocycles. The second-order valence-electron chi connectivity index (χ2n) is 6.75. The standard InChI is InChI=1S/C23H18Cl4N2O3/c1-32-21-15(22(30)28-11-13-5-7-17(24)19(26)9-13)3-2-4-16(21)23(31)29-12-14-6-8-18(25)20(27)10-14/h2-10H,11-12H2,1H3,(H,28,30)(H,29,31). The summed E-state index contributed by atoms with van der Waals surface area (Å²) < 4.78 is 5.39. The van der Waals surface area contributed by atoms with Crippen molar-refractivity contribution in [2.45, 2.75) is 13.1 Å². The van der Waals surface area contributed by atoms with Crippen molar-refractivity contribution < 1.29 is 14.3 Å². The minimum absolute atomic E-state index is 0.172. The monoisotopic (exact) mass is 510 g/mol. The maximum atomic E-state index is 12.8. The van der Waals surface area contributed by atoms with Crippen LogP contribution in [0.3, 0.4) is 0 Å². The van der Waals surface area contributed by atoms with Crippen LogP contribution in [0.2, 0.25) is 20.1 Å². The molecule has 0 saturated carbocycles. The molecule has 0 aliphatic rings. The molecule has 2 N–H and O–H groups in total. The normalized spacial score (nSPS) is 10.5.